The van der Waals surface area contributed by atoms with Crippen LogP contribution >= 0.6 is 0 Å². The predicted molar refractivity (Wildman–Crippen MR) is 49.2 cm³/mol. The largest absolute Gasteiger partial charge is 0.314 e. The molecule has 2 atom stereocenters. The predicted octanol–water partition coefficient (Wildman–Crippen LogP) is 1.47. The minimum atomic E-state index is 0.577. The lowest BCUT2D eigenvalue weighted by Crippen LogP contribution is -2.33. The van der Waals surface area contributed by atoms with E-state index in [9.17, 15) is 0 Å². The highest BCUT2D eigenvalue weighted by Crippen LogP contribution is 2.02. The van der Waals surface area contributed by atoms with Gasteiger partial charge < -0.3 is 5.32 Å². The highest BCUT2D eigenvalue weighted by atomic mass is 14.9. The molecule has 0 aliphatic carbocycles. The average Bonchev–Trinajstić information content (AvgIpc) is 2.07. The van der Waals surface area contributed by atoms with Crippen molar-refractivity contribution in [2.75, 3.05) is 13.1 Å². The van der Waals surface area contributed by atoms with E-state index in [2.05, 4.69) is 30.4 Å². The Kier molecular flexibility index (Phi) is 3.57. The molecular formula is C9H18N2. The van der Waals surface area contributed by atoms with Crippen molar-refractivity contribution in [2.45, 2.75) is 32.7 Å². The molecule has 1 aliphatic heterocycles. The van der Waals surface area contributed by atoms with Gasteiger partial charge in [-0.1, -0.05) is 6.92 Å². The van der Waals surface area contributed by atoms with Gasteiger partial charge in [0.05, 0.1) is 0 Å². The first kappa shape index (κ1) is 8.72. The minimum absolute atomic E-state index is 0.577. The van der Waals surface area contributed by atoms with Gasteiger partial charge >= 0.3 is 0 Å². The summed E-state index contributed by atoms with van der Waals surface area (Å²) in [5.41, 5.74) is 0. The van der Waals surface area contributed by atoms with E-state index in [0.717, 1.165) is 13.1 Å². The van der Waals surface area contributed by atoms with Crippen molar-refractivity contribution < 1.29 is 0 Å². The SMILES string of the molecule is CC1/C=N\CCCCNC1C. The molecule has 0 radical (unpaired) electrons. The number of nitrogens with one attached hydrogen (secondary N) is 1. The van der Waals surface area contributed by atoms with Crippen LogP contribution in [0.2, 0.25) is 0 Å². The van der Waals surface area contributed by atoms with Crippen LogP contribution in [0.25, 0.3) is 0 Å². The molecule has 1 N–H and O–H groups in total. The van der Waals surface area contributed by atoms with Gasteiger partial charge in [0.2, 0.25) is 0 Å². The second-order valence-electron chi connectivity index (χ2n) is 3.36. The van der Waals surface area contributed by atoms with E-state index in [-0.39, 0.29) is 0 Å². The monoisotopic (exact) mass is 154 g/mol. The van der Waals surface area contributed by atoms with Gasteiger partial charge in [-0.15, -0.1) is 0 Å². The summed E-state index contributed by atoms with van der Waals surface area (Å²) in [5.74, 6) is 0.577. The summed E-state index contributed by atoms with van der Waals surface area (Å²) >= 11 is 0. The smallest absolute Gasteiger partial charge is 0.0386 e. The van der Waals surface area contributed by atoms with Gasteiger partial charge in [0.1, 0.15) is 0 Å². The maximum atomic E-state index is 4.36. The van der Waals surface area contributed by atoms with Gasteiger partial charge in [-0.3, -0.25) is 4.99 Å². The van der Waals surface area contributed by atoms with Gasteiger partial charge in [0.25, 0.3) is 0 Å². The van der Waals surface area contributed by atoms with Crippen molar-refractivity contribution in [3.63, 3.8) is 0 Å². The van der Waals surface area contributed by atoms with Gasteiger partial charge in [-0.05, 0) is 26.3 Å². The molecule has 2 heteroatoms. The lowest BCUT2D eigenvalue weighted by atomic mass is 10.1. The van der Waals surface area contributed by atoms with Crippen LogP contribution in [-0.4, -0.2) is 25.3 Å². The third-order valence-corrected chi connectivity index (χ3v) is 2.31. The third kappa shape index (κ3) is 3.02. The van der Waals surface area contributed by atoms with Crippen LogP contribution in [0.4, 0.5) is 0 Å². The Hall–Kier alpha value is -0.370. The Balaban J connectivity index is 2.42. The highest BCUT2D eigenvalue weighted by molar-refractivity contribution is 5.61. The van der Waals surface area contributed by atoms with Crippen LogP contribution in [0.1, 0.15) is 26.7 Å². The van der Waals surface area contributed by atoms with Crippen molar-refractivity contribution in [1.82, 2.24) is 5.32 Å². The molecule has 0 amide bonds. The van der Waals surface area contributed by atoms with Crippen LogP contribution in [0.15, 0.2) is 4.99 Å². The third-order valence-electron chi connectivity index (χ3n) is 2.31. The van der Waals surface area contributed by atoms with Crippen LogP contribution in [-0.2, 0) is 0 Å². The van der Waals surface area contributed by atoms with Crippen molar-refractivity contribution in [1.29, 1.82) is 0 Å². The molecular weight excluding hydrogens is 136 g/mol. The maximum absolute atomic E-state index is 4.36. The van der Waals surface area contributed by atoms with Crippen LogP contribution in [0.5, 0.6) is 0 Å². The summed E-state index contributed by atoms with van der Waals surface area (Å²) in [7, 11) is 0. The fourth-order valence-corrected chi connectivity index (χ4v) is 1.21. The molecule has 2 unspecified atom stereocenters. The van der Waals surface area contributed by atoms with E-state index >= 15 is 0 Å². The van der Waals surface area contributed by atoms with E-state index in [1.54, 1.807) is 0 Å². The zero-order valence-electron chi connectivity index (χ0n) is 7.51. The molecule has 0 saturated carbocycles. The Morgan fingerprint density at radius 3 is 3.00 bits per heavy atom. The van der Waals surface area contributed by atoms with Crippen molar-refractivity contribution in [3.05, 3.63) is 0 Å². The number of rotatable bonds is 0. The summed E-state index contributed by atoms with van der Waals surface area (Å²) in [5, 5.41) is 3.48. The van der Waals surface area contributed by atoms with Gasteiger partial charge in [0, 0.05) is 24.7 Å². The van der Waals surface area contributed by atoms with Crippen molar-refractivity contribution in [2.24, 2.45) is 10.9 Å². The molecule has 1 rings (SSSR count). The van der Waals surface area contributed by atoms with E-state index in [0.29, 0.717) is 12.0 Å². The Labute approximate surface area is 69.1 Å². The summed E-state index contributed by atoms with van der Waals surface area (Å²) in [6, 6.07) is 0.580. The van der Waals surface area contributed by atoms with Gasteiger partial charge in [-0.2, -0.15) is 0 Å². The molecule has 0 bridgehead atoms. The summed E-state index contributed by atoms with van der Waals surface area (Å²) in [4.78, 5) is 4.36. The lowest BCUT2D eigenvalue weighted by Gasteiger charge is -2.16. The van der Waals surface area contributed by atoms with Crippen LogP contribution in [0, 0.1) is 5.92 Å². The molecule has 0 spiro atoms. The van der Waals surface area contributed by atoms with Gasteiger partial charge in [0.15, 0.2) is 0 Å². The summed E-state index contributed by atoms with van der Waals surface area (Å²) in [6.45, 7) is 6.60. The molecule has 0 aromatic heterocycles. The molecule has 2 nitrogen and oxygen atoms in total. The Morgan fingerprint density at radius 1 is 1.36 bits per heavy atom. The van der Waals surface area contributed by atoms with Crippen LogP contribution < -0.4 is 5.32 Å². The normalized spacial score (nSPS) is 36.9. The minimum Gasteiger partial charge on any atom is -0.314 e. The topological polar surface area (TPSA) is 24.4 Å². The Bertz CT molecular complexity index is 132. The fourth-order valence-electron chi connectivity index (χ4n) is 1.21. The van der Waals surface area contributed by atoms with Gasteiger partial charge in [-0.25, -0.2) is 0 Å². The molecule has 0 aromatic rings. The molecule has 0 fully saturated rings. The average molecular weight is 154 g/mol. The van der Waals surface area contributed by atoms with E-state index in [4.69, 9.17) is 0 Å². The molecule has 1 heterocycles. The molecule has 1 aliphatic rings. The number of hydrogen-bond acceptors (Lipinski definition) is 2. The first-order chi connectivity index (χ1) is 5.30. The van der Waals surface area contributed by atoms with E-state index < -0.39 is 0 Å². The standard InChI is InChI=1S/C9H18N2/c1-8-7-10-5-3-4-6-11-9(8)2/h7-9,11H,3-6H2,1-2H3/b10-7-. The zero-order valence-corrected chi connectivity index (χ0v) is 7.51. The molecule has 0 saturated heterocycles. The van der Waals surface area contributed by atoms with Crippen molar-refractivity contribution in [3.8, 4) is 0 Å². The molecule has 64 valence electrons. The number of aliphatic imine (C=N–C) groups is 1. The maximum Gasteiger partial charge on any atom is 0.0386 e. The Morgan fingerprint density at radius 2 is 2.18 bits per heavy atom. The first-order valence-corrected chi connectivity index (χ1v) is 4.54. The highest BCUT2D eigenvalue weighted by Gasteiger charge is 2.09. The van der Waals surface area contributed by atoms with Crippen molar-refractivity contribution >= 4 is 6.21 Å². The second-order valence-corrected chi connectivity index (χ2v) is 3.36. The number of hydrogen-bond donors (Lipinski definition) is 1. The summed E-state index contributed by atoms with van der Waals surface area (Å²) < 4.78 is 0. The second kappa shape index (κ2) is 4.50. The fraction of sp³-hybridized carbons (Fsp3) is 0.889. The molecule has 11 heavy (non-hydrogen) atoms. The van der Waals surface area contributed by atoms with E-state index in [1.165, 1.54) is 12.8 Å². The van der Waals surface area contributed by atoms with Crippen LogP contribution in [0.3, 0.4) is 0 Å². The lowest BCUT2D eigenvalue weighted by molar-refractivity contribution is 0.480. The van der Waals surface area contributed by atoms with E-state index in [1.807, 2.05) is 0 Å². The summed E-state index contributed by atoms with van der Waals surface area (Å²) in [6.07, 6.45) is 4.57. The number of nitrogens with zero attached hydrogens (tertiary/aromatic N) is 1. The quantitative estimate of drug-likeness (QED) is 0.561. The first-order valence-electron chi connectivity index (χ1n) is 4.54. The zero-order chi connectivity index (χ0) is 8.10. The molecule has 0 aromatic carbocycles.